The summed E-state index contributed by atoms with van der Waals surface area (Å²) in [7, 11) is 0. The Balaban J connectivity index is 1.55. The number of amides is 4. The van der Waals surface area contributed by atoms with Crippen LogP contribution in [0.3, 0.4) is 0 Å². The van der Waals surface area contributed by atoms with Gasteiger partial charge in [0.2, 0.25) is 17.7 Å². The van der Waals surface area contributed by atoms with Crippen LogP contribution < -0.4 is 15.5 Å². The topological polar surface area (TPSA) is 98.8 Å². The first kappa shape index (κ1) is 20.6. The number of carbonyl (C=O) groups excluding carboxylic acids is 4. The predicted molar refractivity (Wildman–Crippen MR) is 117 cm³/mol. The molecule has 1 atom stereocenters. The molecule has 160 valence electrons. The fourth-order valence-corrected chi connectivity index (χ4v) is 4.12. The van der Waals surface area contributed by atoms with Crippen LogP contribution in [0.5, 0.6) is 0 Å². The van der Waals surface area contributed by atoms with Gasteiger partial charge in [-0.05, 0) is 55.7 Å². The molecule has 0 aliphatic carbocycles. The molecule has 2 aliphatic rings. The van der Waals surface area contributed by atoms with Crippen molar-refractivity contribution in [2.75, 3.05) is 28.6 Å². The smallest absolute Gasteiger partial charge is 0.256 e. The Labute approximate surface area is 180 Å². The van der Waals surface area contributed by atoms with Crippen molar-refractivity contribution in [1.82, 2.24) is 4.90 Å². The van der Waals surface area contributed by atoms with E-state index in [-0.39, 0.29) is 30.2 Å². The molecular weight excluding hydrogens is 396 g/mol. The molecule has 2 N–H and O–H groups in total. The second-order valence-corrected chi connectivity index (χ2v) is 7.76. The molecule has 1 saturated heterocycles. The number of rotatable bonds is 4. The van der Waals surface area contributed by atoms with Gasteiger partial charge in [0.05, 0.1) is 11.3 Å². The third-order valence-corrected chi connectivity index (χ3v) is 5.53. The molecule has 31 heavy (non-hydrogen) atoms. The van der Waals surface area contributed by atoms with E-state index in [9.17, 15) is 19.2 Å². The van der Waals surface area contributed by atoms with E-state index < -0.39 is 6.04 Å². The lowest BCUT2D eigenvalue weighted by Crippen LogP contribution is -2.52. The first-order valence-corrected chi connectivity index (χ1v) is 10.3. The number of piperidine rings is 1. The summed E-state index contributed by atoms with van der Waals surface area (Å²) >= 11 is 0. The molecule has 1 fully saturated rings. The summed E-state index contributed by atoms with van der Waals surface area (Å²) in [4.78, 5) is 53.4. The lowest BCUT2D eigenvalue weighted by molar-refractivity contribution is -0.125. The maximum atomic E-state index is 13.3. The van der Waals surface area contributed by atoms with E-state index >= 15 is 0 Å². The van der Waals surface area contributed by atoms with E-state index in [1.165, 1.54) is 11.8 Å². The van der Waals surface area contributed by atoms with E-state index in [0.29, 0.717) is 35.6 Å². The second-order valence-electron chi connectivity index (χ2n) is 7.76. The van der Waals surface area contributed by atoms with Gasteiger partial charge >= 0.3 is 0 Å². The molecule has 2 heterocycles. The summed E-state index contributed by atoms with van der Waals surface area (Å²) < 4.78 is 0. The van der Waals surface area contributed by atoms with Crippen molar-refractivity contribution in [1.29, 1.82) is 0 Å². The Hall–Kier alpha value is -3.68. The average Bonchev–Trinajstić information content (AvgIpc) is 2.85. The van der Waals surface area contributed by atoms with Gasteiger partial charge in [-0.1, -0.05) is 12.1 Å². The number of hydrogen-bond donors (Lipinski definition) is 2. The fraction of sp³-hybridized carbons (Fsp3) is 0.304. The van der Waals surface area contributed by atoms with Gasteiger partial charge in [0.1, 0.15) is 12.6 Å². The van der Waals surface area contributed by atoms with Gasteiger partial charge in [-0.2, -0.15) is 0 Å². The number of benzene rings is 2. The van der Waals surface area contributed by atoms with Crippen LogP contribution in [-0.2, 0) is 14.4 Å². The van der Waals surface area contributed by atoms with Gasteiger partial charge in [0.15, 0.2) is 0 Å². The van der Waals surface area contributed by atoms with Gasteiger partial charge in [0.25, 0.3) is 5.91 Å². The number of fused-ring (bicyclic) bond motifs is 2. The summed E-state index contributed by atoms with van der Waals surface area (Å²) in [5.41, 5.74) is 2.07. The minimum absolute atomic E-state index is 0.162. The van der Waals surface area contributed by atoms with E-state index in [4.69, 9.17) is 0 Å². The zero-order valence-electron chi connectivity index (χ0n) is 17.3. The Morgan fingerprint density at radius 2 is 1.65 bits per heavy atom. The summed E-state index contributed by atoms with van der Waals surface area (Å²) in [6.45, 7) is 1.77. The van der Waals surface area contributed by atoms with Crippen molar-refractivity contribution < 1.29 is 19.2 Å². The Morgan fingerprint density at radius 1 is 0.968 bits per heavy atom. The third kappa shape index (κ3) is 4.28. The predicted octanol–water partition coefficient (Wildman–Crippen LogP) is 2.62. The summed E-state index contributed by atoms with van der Waals surface area (Å²) in [6.07, 6.45) is 2.34. The Kier molecular flexibility index (Phi) is 5.70. The minimum atomic E-state index is -0.543. The van der Waals surface area contributed by atoms with Crippen LogP contribution in [0.25, 0.3) is 0 Å². The Bertz CT molecular complexity index is 1030. The first-order valence-electron chi connectivity index (χ1n) is 10.3. The lowest BCUT2D eigenvalue weighted by Gasteiger charge is -2.34. The largest absolute Gasteiger partial charge is 0.327 e. The highest BCUT2D eigenvalue weighted by Crippen LogP contribution is 2.31. The van der Waals surface area contributed by atoms with Crippen molar-refractivity contribution >= 4 is 40.7 Å². The van der Waals surface area contributed by atoms with Crippen LogP contribution in [0, 0.1) is 0 Å². The van der Waals surface area contributed by atoms with Crippen molar-refractivity contribution in [2.24, 2.45) is 0 Å². The minimum Gasteiger partial charge on any atom is -0.327 e. The van der Waals surface area contributed by atoms with E-state index in [1.807, 2.05) is 0 Å². The van der Waals surface area contributed by atoms with E-state index in [1.54, 1.807) is 53.4 Å². The SMILES string of the molecule is CC(=O)Nc1ccc(NC(=O)CN2C(=O)[C@H]3CCCCN3C(=O)c3ccccc32)cc1. The van der Waals surface area contributed by atoms with Crippen LogP contribution in [0.1, 0.15) is 36.5 Å². The van der Waals surface area contributed by atoms with Gasteiger partial charge in [-0.25, -0.2) is 0 Å². The monoisotopic (exact) mass is 420 g/mol. The van der Waals surface area contributed by atoms with Crippen LogP contribution >= 0.6 is 0 Å². The first-order chi connectivity index (χ1) is 14.9. The molecule has 0 spiro atoms. The number of hydrogen-bond acceptors (Lipinski definition) is 4. The summed E-state index contributed by atoms with van der Waals surface area (Å²) in [5.74, 6) is -0.937. The third-order valence-electron chi connectivity index (χ3n) is 5.53. The number of nitrogens with zero attached hydrogens (tertiary/aromatic N) is 2. The molecule has 0 bridgehead atoms. The van der Waals surface area contributed by atoms with E-state index in [0.717, 1.165) is 12.8 Å². The maximum Gasteiger partial charge on any atom is 0.256 e. The summed E-state index contributed by atoms with van der Waals surface area (Å²) in [6, 6.07) is 13.1. The Morgan fingerprint density at radius 3 is 2.35 bits per heavy atom. The molecule has 4 rings (SSSR count). The standard InChI is InChI=1S/C23H24N4O4/c1-15(28)24-16-9-11-17(12-10-16)25-21(29)14-27-19-7-3-2-6-18(19)22(30)26-13-5-4-8-20(26)23(27)31/h2-3,6-7,9-12,20H,4-5,8,13-14H2,1H3,(H,24,28)(H,25,29)/t20-/m1/s1. The maximum absolute atomic E-state index is 13.3. The molecule has 8 nitrogen and oxygen atoms in total. The molecule has 2 aromatic rings. The van der Waals surface area contributed by atoms with E-state index in [2.05, 4.69) is 10.6 Å². The lowest BCUT2D eigenvalue weighted by atomic mass is 10.0. The van der Waals surface area contributed by atoms with Crippen LogP contribution in [0.2, 0.25) is 0 Å². The number of para-hydroxylation sites is 1. The molecule has 4 amide bonds. The normalized spacial score (nSPS) is 18.0. The number of carbonyl (C=O) groups is 4. The molecule has 0 saturated carbocycles. The molecule has 2 aliphatic heterocycles. The highest BCUT2D eigenvalue weighted by molar-refractivity contribution is 6.13. The van der Waals surface area contributed by atoms with Gasteiger partial charge < -0.3 is 20.4 Å². The molecule has 0 radical (unpaired) electrons. The van der Waals surface area contributed by atoms with Gasteiger partial charge in [-0.3, -0.25) is 19.2 Å². The van der Waals surface area contributed by atoms with Gasteiger partial charge in [0, 0.05) is 24.8 Å². The highest BCUT2D eigenvalue weighted by atomic mass is 16.2. The van der Waals surface area contributed by atoms with Crippen molar-refractivity contribution in [3.63, 3.8) is 0 Å². The van der Waals surface area contributed by atoms with Crippen LogP contribution in [-0.4, -0.2) is 47.7 Å². The molecule has 8 heteroatoms. The van der Waals surface area contributed by atoms with Crippen LogP contribution in [0.4, 0.5) is 17.1 Å². The number of nitrogens with one attached hydrogen (secondary N) is 2. The zero-order valence-corrected chi connectivity index (χ0v) is 17.3. The quantitative estimate of drug-likeness (QED) is 0.794. The molecule has 0 aromatic heterocycles. The zero-order chi connectivity index (χ0) is 22.0. The summed E-state index contributed by atoms with van der Waals surface area (Å²) in [5, 5.41) is 5.44. The fourth-order valence-electron chi connectivity index (χ4n) is 4.12. The molecule has 0 unspecified atom stereocenters. The molecular formula is C23H24N4O4. The number of anilines is 3. The van der Waals surface area contributed by atoms with Crippen LogP contribution in [0.15, 0.2) is 48.5 Å². The average molecular weight is 420 g/mol. The van der Waals surface area contributed by atoms with Crippen molar-refractivity contribution in [3.8, 4) is 0 Å². The van der Waals surface area contributed by atoms with Crippen molar-refractivity contribution in [3.05, 3.63) is 54.1 Å². The van der Waals surface area contributed by atoms with Gasteiger partial charge in [-0.15, -0.1) is 0 Å². The van der Waals surface area contributed by atoms with Crippen molar-refractivity contribution in [2.45, 2.75) is 32.2 Å². The second kappa shape index (κ2) is 8.59. The highest BCUT2D eigenvalue weighted by Gasteiger charge is 2.40. The molecule has 2 aromatic carbocycles.